The summed E-state index contributed by atoms with van der Waals surface area (Å²) in [5.41, 5.74) is 11.4. The monoisotopic (exact) mass is 499 g/mol. The molecule has 2 aromatic heterocycles. The number of aromatic nitrogens is 1. The SMILES string of the molecule is NC(=O)c1nsc(C(=O)N(Cc2ccco2)[C@H](C(=O)NC[C@@H]2CCCO2)c2ccc(O)cc2)c1N. The highest BCUT2D eigenvalue weighted by Gasteiger charge is 2.35. The molecule has 3 aromatic rings. The average Bonchev–Trinajstić information content (AvgIpc) is 3.60. The van der Waals surface area contributed by atoms with E-state index in [0.717, 1.165) is 24.4 Å². The van der Waals surface area contributed by atoms with Crippen LogP contribution in [-0.4, -0.2) is 51.4 Å². The molecule has 11 nitrogen and oxygen atoms in total. The van der Waals surface area contributed by atoms with Gasteiger partial charge in [-0.3, -0.25) is 14.4 Å². The number of primary amides is 1. The third-order valence-corrected chi connectivity index (χ3v) is 6.47. The van der Waals surface area contributed by atoms with Gasteiger partial charge in [-0.15, -0.1) is 0 Å². The highest BCUT2D eigenvalue weighted by Crippen LogP contribution is 2.31. The van der Waals surface area contributed by atoms with Gasteiger partial charge in [0.2, 0.25) is 5.91 Å². The van der Waals surface area contributed by atoms with Crippen LogP contribution in [0.3, 0.4) is 0 Å². The number of phenolic OH excluding ortho intramolecular Hbond substituents is 1. The van der Waals surface area contributed by atoms with Crippen molar-refractivity contribution in [1.29, 1.82) is 0 Å². The van der Waals surface area contributed by atoms with Crippen molar-refractivity contribution >= 4 is 34.9 Å². The molecule has 0 spiro atoms. The van der Waals surface area contributed by atoms with Gasteiger partial charge in [0.1, 0.15) is 22.4 Å². The van der Waals surface area contributed by atoms with Gasteiger partial charge in [0.25, 0.3) is 11.8 Å². The molecule has 6 N–H and O–H groups in total. The third kappa shape index (κ3) is 5.44. The smallest absolute Gasteiger partial charge is 0.270 e. The summed E-state index contributed by atoms with van der Waals surface area (Å²) in [7, 11) is 0. The van der Waals surface area contributed by atoms with Gasteiger partial charge >= 0.3 is 0 Å². The highest BCUT2D eigenvalue weighted by atomic mass is 32.1. The number of ether oxygens (including phenoxy) is 1. The van der Waals surface area contributed by atoms with Gasteiger partial charge in [0.15, 0.2) is 5.69 Å². The average molecular weight is 500 g/mol. The van der Waals surface area contributed by atoms with Gasteiger partial charge in [-0.2, -0.15) is 4.37 Å². The molecule has 0 aliphatic carbocycles. The molecule has 1 saturated heterocycles. The fourth-order valence-corrected chi connectivity index (χ4v) is 4.62. The van der Waals surface area contributed by atoms with E-state index >= 15 is 0 Å². The molecule has 1 aromatic carbocycles. The first-order valence-corrected chi connectivity index (χ1v) is 11.7. The zero-order valence-electron chi connectivity index (χ0n) is 18.7. The number of nitrogens with zero attached hydrogens (tertiary/aromatic N) is 2. The van der Waals surface area contributed by atoms with Crippen LogP contribution in [0.15, 0.2) is 47.1 Å². The Morgan fingerprint density at radius 1 is 1.26 bits per heavy atom. The van der Waals surface area contributed by atoms with Crippen molar-refractivity contribution in [1.82, 2.24) is 14.6 Å². The van der Waals surface area contributed by atoms with Gasteiger partial charge in [0, 0.05) is 13.2 Å². The molecule has 1 aliphatic rings. The number of phenols is 1. The second-order valence-electron chi connectivity index (χ2n) is 8.02. The molecule has 1 aliphatic heterocycles. The van der Waals surface area contributed by atoms with E-state index in [2.05, 4.69) is 9.69 Å². The maximum atomic E-state index is 13.7. The first-order chi connectivity index (χ1) is 16.8. The predicted molar refractivity (Wildman–Crippen MR) is 126 cm³/mol. The molecule has 184 valence electrons. The Bertz CT molecular complexity index is 1190. The molecule has 35 heavy (non-hydrogen) atoms. The van der Waals surface area contributed by atoms with Gasteiger partial charge in [-0.05, 0) is 54.2 Å². The number of amides is 3. The molecular weight excluding hydrogens is 474 g/mol. The molecule has 0 unspecified atom stereocenters. The van der Waals surface area contributed by atoms with E-state index < -0.39 is 23.8 Å². The number of carbonyl (C=O) groups is 3. The van der Waals surface area contributed by atoms with Crippen molar-refractivity contribution in [2.24, 2.45) is 5.73 Å². The molecule has 3 heterocycles. The standard InChI is InChI=1S/C23H25N5O6S/c24-17-18(21(25)30)27-35-20(17)23(32)28(12-16-4-2-10-34-16)19(13-5-7-14(29)8-6-13)22(31)26-11-15-3-1-9-33-15/h2,4-8,10,15,19,29H,1,3,9,11-12,24H2,(H2,25,30)(H,26,31)/t15-,19-/m0/s1. The van der Waals surface area contributed by atoms with Crippen LogP contribution < -0.4 is 16.8 Å². The van der Waals surface area contributed by atoms with E-state index in [0.29, 0.717) is 17.9 Å². The maximum absolute atomic E-state index is 13.7. The maximum Gasteiger partial charge on any atom is 0.270 e. The number of rotatable bonds is 9. The van der Waals surface area contributed by atoms with E-state index in [1.54, 1.807) is 24.3 Å². The van der Waals surface area contributed by atoms with Crippen LogP contribution in [-0.2, 0) is 16.1 Å². The molecule has 2 atom stereocenters. The van der Waals surface area contributed by atoms with Crippen molar-refractivity contribution in [3.63, 3.8) is 0 Å². The van der Waals surface area contributed by atoms with Crippen molar-refractivity contribution in [2.45, 2.75) is 31.5 Å². The van der Waals surface area contributed by atoms with Crippen LogP contribution in [0.25, 0.3) is 0 Å². The lowest BCUT2D eigenvalue weighted by Crippen LogP contribution is -2.45. The lowest BCUT2D eigenvalue weighted by Gasteiger charge is -2.31. The number of hydrogen-bond donors (Lipinski definition) is 4. The van der Waals surface area contributed by atoms with E-state index in [1.807, 2.05) is 0 Å². The van der Waals surface area contributed by atoms with Crippen LogP contribution in [0.4, 0.5) is 5.69 Å². The van der Waals surface area contributed by atoms with E-state index in [9.17, 15) is 19.5 Å². The number of nitrogens with two attached hydrogens (primary N) is 2. The Kier molecular flexibility index (Phi) is 7.32. The fourth-order valence-electron chi connectivity index (χ4n) is 3.86. The molecule has 1 fully saturated rings. The first kappa shape index (κ1) is 24.2. The van der Waals surface area contributed by atoms with Crippen molar-refractivity contribution in [2.75, 3.05) is 18.9 Å². The highest BCUT2D eigenvalue weighted by molar-refractivity contribution is 7.09. The minimum absolute atomic E-state index is 0.00831. The molecular formula is C23H25N5O6S. The summed E-state index contributed by atoms with van der Waals surface area (Å²) in [5, 5.41) is 12.6. The second kappa shape index (κ2) is 10.6. The lowest BCUT2D eigenvalue weighted by molar-refractivity contribution is -0.126. The summed E-state index contributed by atoms with van der Waals surface area (Å²) >= 11 is 0.725. The van der Waals surface area contributed by atoms with Crippen molar-refractivity contribution in [3.05, 3.63) is 64.6 Å². The number of nitrogen functional groups attached to an aromatic ring is 1. The van der Waals surface area contributed by atoms with Gasteiger partial charge in [-0.1, -0.05) is 12.1 Å². The largest absolute Gasteiger partial charge is 0.508 e. The lowest BCUT2D eigenvalue weighted by atomic mass is 10.0. The van der Waals surface area contributed by atoms with Gasteiger partial charge in [-0.25, -0.2) is 0 Å². The van der Waals surface area contributed by atoms with Gasteiger partial charge in [0.05, 0.1) is 24.6 Å². The first-order valence-electron chi connectivity index (χ1n) is 10.9. The minimum Gasteiger partial charge on any atom is -0.508 e. The number of furan rings is 1. The normalized spacial score (nSPS) is 16.1. The quantitative estimate of drug-likeness (QED) is 0.345. The molecule has 3 amide bonds. The van der Waals surface area contributed by atoms with E-state index in [1.165, 1.54) is 23.3 Å². The zero-order chi connectivity index (χ0) is 24.9. The number of benzene rings is 1. The van der Waals surface area contributed by atoms with Crippen LogP contribution in [0, 0.1) is 0 Å². The Labute approximate surface area is 204 Å². The number of carbonyl (C=O) groups excluding carboxylic acids is 3. The molecule has 0 radical (unpaired) electrons. The summed E-state index contributed by atoms with van der Waals surface area (Å²) in [6.45, 7) is 0.844. The summed E-state index contributed by atoms with van der Waals surface area (Å²) < 4.78 is 15.0. The summed E-state index contributed by atoms with van der Waals surface area (Å²) in [5.74, 6) is -1.51. The van der Waals surface area contributed by atoms with E-state index in [4.69, 9.17) is 20.6 Å². The summed E-state index contributed by atoms with van der Waals surface area (Å²) in [6.07, 6.45) is 3.09. The molecule has 4 rings (SSSR count). The fraction of sp³-hybridized carbons (Fsp3) is 0.304. The second-order valence-corrected chi connectivity index (χ2v) is 8.80. The Balaban J connectivity index is 1.72. The molecule has 0 bridgehead atoms. The summed E-state index contributed by atoms with van der Waals surface area (Å²) in [4.78, 5) is 40.2. The molecule has 0 saturated carbocycles. The zero-order valence-corrected chi connectivity index (χ0v) is 19.5. The number of nitrogens with one attached hydrogen (secondary N) is 1. The third-order valence-electron chi connectivity index (χ3n) is 5.62. The number of anilines is 1. The van der Waals surface area contributed by atoms with Crippen LogP contribution in [0.1, 0.15) is 50.4 Å². The van der Waals surface area contributed by atoms with Gasteiger partial charge < -0.3 is 35.9 Å². The Morgan fingerprint density at radius 2 is 2.03 bits per heavy atom. The summed E-state index contributed by atoms with van der Waals surface area (Å²) in [6, 6.07) is 8.18. The molecule has 12 heteroatoms. The van der Waals surface area contributed by atoms with Crippen LogP contribution in [0.2, 0.25) is 0 Å². The van der Waals surface area contributed by atoms with Crippen LogP contribution in [0.5, 0.6) is 5.75 Å². The minimum atomic E-state index is -1.12. The Hall–Kier alpha value is -3.90. The van der Waals surface area contributed by atoms with E-state index in [-0.39, 0.29) is 41.2 Å². The van der Waals surface area contributed by atoms with Crippen LogP contribution >= 0.6 is 11.5 Å². The number of aromatic hydroxyl groups is 1. The topological polar surface area (TPSA) is 174 Å². The Morgan fingerprint density at radius 3 is 2.63 bits per heavy atom. The van der Waals surface area contributed by atoms with Crippen molar-refractivity contribution < 1.29 is 28.6 Å². The predicted octanol–water partition coefficient (Wildman–Crippen LogP) is 1.80. The van der Waals surface area contributed by atoms with Crippen molar-refractivity contribution in [3.8, 4) is 5.75 Å². The number of hydrogen-bond acceptors (Lipinski definition) is 9.